The third kappa shape index (κ3) is 3.52. The van der Waals surface area contributed by atoms with Gasteiger partial charge in [-0.15, -0.1) is 0 Å². The van der Waals surface area contributed by atoms with E-state index in [-0.39, 0.29) is 6.10 Å². The van der Waals surface area contributed by atoms with Gasteiger partial charge >= 0.3 is 0 Å². The number of nitrogens with zero attached hydrogens (tertiary/aromatic N) is 1. The maximum absolute atomic E-state index is 6.14. The smallest absolute Gasteiger partial charge is 0.131 e. The van der Waals surface area contributed by atoms with E-state index in [2.05, 4.69) is 24.4 Å². The molecule has 2 aromatic rings. The number of fused-ring (bicyclic) bond motifs is 1. The Kier molecular flexibility index (Phi) is 4.68. The van der Waals surface area contributed by atoms with Crippen molar-refractivity contribution in [3.8, 4) is 5.75 Å². The van der Waals surface area contributed by atoms with Crippen molar-refractivity contribution in [3.05, 3.63) is 36.0 Å². The Bertz CT molecular complexity index is 594. The number of rotatable bonds is 6. The van der Waals surface area contributed by atoms with E-state index in [1.807, 2.05) is 18.2 Å². The van der Waals surface area contributed by atoms with Crippen molar-refractivity contribution in [2.45, 2.75) is 32.4 Å². The minimum atomic E-state index is 0.159. The second-order valence-corrected chi connectivity index (χ2v) is 5.41. The summed E-state index contributed by atoms with van der Waals surface area (Å²) in [6, 6.07) is 10.2. The fraction of sp³-hybridized carbons (Fsp3) is 0.471. The molecule has 1 aromatic heterocycles. The molecule has 3 rings (SSSR count). The molecule has 0 saturated carbocycles. The summed E-state index contributed by atoms with van der Waals surface area (Å²) < 4.78 is 11.5. The first-order valence-electron chi connectivity index (χ1n) is 7.70. The van der Waals surface area contributed by atoms with Gasteiger partial charge in [0.1, 0.15) is 11.9 Å². The second-order valence-electron chi connectivity index (χ2n) is 5.41. The standard InChI is InChI=1S/C17H22N2O2/c1-2-8-18-11-13-10-17(21-14-7-9-20-12-14)15-5-3-4-6-16(15)19-13/h3-6,10,14,18H,2,7-9,11-12H2,1H3. The highest BCUT2D eigenvalue weighted by molar-refractivity contribution is 5.85. The Morgan fingerprint density at radius 2 is 2.29 bits per heavy atom. The van der Waals surface area contributed by atoms with Gasteiger partial charge in [-0.3, -0.25) is 4.98 Å². The van der Waals surface area contributed by atoms with Crippen LogP contribution in [-0.2, 0) is 11.3 Å². The lowest BCUT2D eigenvalue weighted by Gasteiger charge is -2.15. The molecule has 0 bridgehead atoms. The fourth-order valence-electron chi connectivity index (χ4n) is 2.56. The van der Waals surface area contributed by atoms with E-state index in [4.69, 9.17) is 14.5 Å². The van der Waals surface area contributed by atoms with E-state index in [0.29, 0.717) is 6.61 Å². The van der Waals surface area contributed by atoms with Crippen molar-refractivity contribution in [2.24, 2.45) is 0 Å². The van der Waals surface area contributed by atoms with Crippen LogP contribution in [0.3, 0.4) is 0 Å². The number of aromatic nitrogens is 1. The molecule has 4 nitrogen and oxygen atoms in total. The number of hydrogen-bond acceptors (Lipinski definition) is 4. The van der Waals surface area contributed by atoms with Crippen LogP contribution in [-0.4, -0.2) is 30.8 Å². The molecule has 1 fully saturated rings. The maximum atomic E-state index is 6.14. The Morgan fingerprint density at radius 1 is 1.38 bits per heavy atom. The number of ether oxygens (including phenoxy) is 2. The minimum absolute atomic E-state index is 0.159. The molecule has 0 aliphatic carbocycles. The Labute approximate surface area is 125 Å². The molecule has 1 aliphatic rings. The van der Waals surface area contributed by atoms with Crippen LogP contribution in [0.2, 0.25) is 0 Å². The molecular formula is C17H22N2O2. The summed E-state index contributed by atoms with van der Waals surface area (Å²) in [5.74, 6) is 0.921. The Balaban J connectivity index is 1.87. The lowest BCUT2D eigenvalue weighted by molar-refractivity contribution is 0.142. The van der Waals surface area contributed by atoms with Crippen LogP contribution in [0.5, 0.6) is 5.75 Å². The highest BCUT2D eigenvalue weighted by atomic mass is 16.5. The van der Waals surface area contributed by atoms with Gasteiger partial charge < -0.3 is 14.8 Å². The van der Waals surface area contributed by atoms with Crippen LogP contribution in [0.15, 0.2) is 30.3 Å². The quantitative estimate of drug-likeness (QED) is 0.829. The van der Waals surface area contributed by atoms with Crippen molar-refractivity contribution in [1.82, 2.24) is 10.3 Å². The first-order chi connectivity index (χ1) is 10.4. The molecule has 1 unspecified atom stereocenters. The largest absolute Gasteiger partial charge is 0.487 e. The summed E-state index contributed by atoms with van der Waals surface area (Å²) in [6.45, 7) is 5.41. The lowest BCUT2D eigenvalue weighted by atomic mass is 10.1. The SMILES string of the molecule is CCCNCc1cc(OC2CCOC2)c2ccccc2n1. The van der Waals surface area contributed by atoms with Gasteiger partial charge in [0.25, 0.3) is 0 Å². The first kappa shape index (κ1) is 14.3. The first-order valence-corrected chi connectivity index (χ1v) is 7.70. The summed E-state index contributed by atoms with van der Waals surface area (Å²) in [5, 5.41) is 4.47. The highest BCUT2D eigenvalue weighted by Gasteiger charge is 2.18. The molecule has 112 valence electrons. The van der Waals surface area contributed by atoms with Gasteiger partial charge in [-0.2, -0.15) is 0 Å². The van der Waals surface area contributed by atoms with Crippen LogP contribution in [0.25, 0.3) is 10.9 Å². The molecule has 0 amide bonds. The predicted molar refractivity (Wildman–Crippen MR) is 83.6 cm³/mol. The molecule has 0 spiro atoms. The third-order valence-electron chi connectivity index (χ3n) is 3.65. The topological polar surface area (TPSA) is 43.4 Å². The van der Waals surface area contributed by atoms with E-state index in [1.165, 1.54) is 0 Å². The monoisotopic (exact) mass is 286 g/mol. The zero-order valence-corrected chi connectivity index (χ0v) is 12.5. The van der Waals surface area contributed by atoms with Crippen molar-refractivity contribution in [3.63, 3.8) is 0 Å². The summed E-state index contributed by atoms with van der Waals surface area (Å²) in [7, 11) is 0. The minimum Gasteiger partial charge on any atom is -0.487 e. The molecule has 1 atom stereocenters. The third-order valence-corrected chi connectivity index (χ3v) is 3.65. The molecule has 1 saturated heterocycles. The summed E-state index contributed by atoms with van der Waals surface area (Å²) in [5.41, 5.74) is 2.01. The molecule has 1 aliphatic heterocycles. The van der Waals surface area contributed by atoms with Crippen LogP contribution in [0, 0.1) is 0 Å². The van der Waals surface area contributed by atoms with E-state index < -0.39 is 0 Å². The van der Waals surface area contributed by atoms with Crippen molar-refractivity contribution in [1.29, 1.82) is 0 Å². The number of hydrogen-bond donors (Lipinski definition) is 1. The van der Waals surface area contributed by atoms with Crippen molar-refractivity contribution in [2.75, 3.05) is 19.8 Å². The average molecular weight is 286 g/mol. The van der Waals surface area contributed by atoms with E-state index in [0.717, 1.165) is 54.9 Å². The average Bonchev–Trinajstić information content (AvgIpc) is 3.01. The highest BCUT2D eigenvalue weighted by Crippen LogP contribution is 2.27. The van der Waals surface area contributed by atoms with Gasteiger partial charge in [0, 0.05) is 24.4 Å². The summed E-state index contributed by atoms with van der Waals surface area (Å²) in [6.07, 6.45) is 2.24. The van der Waals surface area contributed by atoms with Gasteiger partial charge in [0.15, 0.2) is 0 Å². The molecule has 0 radical (unpaired) electrons. The van der Waals surface area contributed by atoms with E-state index >= 15 is 0 Å². The van der Waals surface area contributed by atoms with Crippen molar-refractivity contribution < 1.29 is 9.47 Å². The Hall–Kier alpha value is -1.65. The van der Waals surface area contributed by atoms with Gasteiger partial charge in [-0.25, -0.2) is 0 Å². The molecule has 1 N–H and O–H groups in total. The van der Waals surface area contributed by atoms with E-state index in [9.17, 15) is 0 Å². The van der Waals surface area contributed by atoms with Gasteiger partial charge in [-0.05, 0) is 25.1 Å². The number of benzene rings is 1. The van der Waals surface area contributed by atoms with Crippen LogP contribution in [0.1, 0.15) is 25.5 Å². The zero-order valence-electron chi connectivity index (χ0n) is 12.5. The second kappa shape index (κ2) is 6.87. The summed E-state index contributed by atoms with van der Waals surface area (Å²) >= 11 is 0. The Morgan fingerprint density at radius 3 is 3.10 bits per heavy atom. The molecule has 1 aromatic carbocycles. The van der Waals surface area contributed by atoms with Crippen LogP contribution in [0.4, 0.5) is 0 Å². The van der Waals surface area contributed by atoms with Gasteiger partial charge in [-0.1, -0.05) is 19.1 Å². The van der Waals surface area contributed by atoms with Crippen LogP contribution >= 0.6 is 0 Å². The summed E-state index contributed by atoms with van der Waals surface area (Å²) in [4.78, 5) is 4.71. The number of pyridine rings is 1. The molecule has 21 heavy (non-hydrogen) atoms. The predicted octanol–water partition coefficient (Wildman–Crippen LogP) is 2.90. The van der Waals surface area contributed by atoms with E-state index in [1.54, 1.807) is 0 Å². The molecular weight excluding hydrogens is 264 g/mol. The molecule has 2 heterocycles. The van der Waals surface area contributed by atoms with Crippen LogP contribution < -0.4 is 10.1 Å². The zero-order chi connectivity index (χ0) is 14.5. The normalized spacial score (nSPS) is 18.2. The van der Waals surface area contributed by atoms with Gasteiger partial charge in [0.05, 0.1) is 24.4 Å². The lowest BCUT2D eigenvalue weighted by Crippen LogP contribution is -2.17. The number of nitrogens with one attached hydrogen (secondary N) is 1. The van der Waals surface area contributed by atoms with Gasteiger partial charge in [0.2, 0.25) is 0 Å². The maximum Gasteiger partial charge on any atom is 0.131 e. The van der Waals surface area contributed by atoms with Crippen molar-refractivity contribution >= 4 is 10.9 Å². The fourth-order valence-corrected chi connectivity index (χ4v) is 2.56. The number of para-hydroxylation sites is 1. The molecule has 4 heteroatoms.